The molecule has 0 saturated heterocycles. The zero-order valence-electron chi connectivity index (χ0n) is 27.0. The number of hydrogen-bond acceptors (Lipinski definition) is 8. The summed E-state index contributed by atoms with van der Waals surface area (Å²) >= 11 is 0. The second-order valence-electron chi connectivity index (χ2n) is 9.84. The summed E-state index contributed by atoms with van der Waals surface area (Å²) in [5.41, 5.74) is 3.65. The topological polar surface area (TPSA) is 73.8 Å². The minimum absolute atomic E-state index is 0.700. The van der Waals surface area contributed by atoms with Crippen LogP contribution in [0.4, 0.5) is 0 Å². The lowest BCUT2D eigenvalue weighted by Crippen LogP contribution is -2.39. The lowest BCUT2D eigenvalue weighted by molar-refractivity contribution is 0.291. The van der Waals surface area contributed by atoms with Crippen molar-refractivity contribution in [2.75, 3.05) is 56.9 Å². The van der Waals surface area contributed by atoms with E-state index >= 15 is 0 Å². The third-order valence-electron chi connectivity index (χ3n) is 7.70. The van der Waals surface area contributed by atoms with Gasteiger partial charge < -0.3 is 35.4 Å². The van der Waals surface area contributed by atoms with Gasteiger partial charge in [-0.1, -0.05) is 97.1 Å². The van der Waals surface area contributed by atoms with Gasteiger partial charge in [-0.15, -0.1) is 0 Å². The summed E-state index contributed by atoms with van der Waals surface area (Å²) in [5, 5.41) is 4.10. The summed E-state index contributed by atoms with van der Waals surface area (Å²) in [6, 6.07) is 34.2. The van der Waals surface area contributed by atoms with Crippen LogP contribution in [0.2, 0.25) is 0 Å². The van der Waals surface area contributed by atoms with E-state index in [1.807, 2.05) is 0 Å². The molecule has 0 heterocycles. The molecule has 4 aromatic carbocycles. The Balaban J connectivity index is 2.03. The fourth-order valence-electron chi connectivity index (χ4n) is 5.70. The fourth-order valence-corrected chi connectivity index (χ4v) is 10.0. The number of hydrogen-bond donors (Lipinski definition) is 0. The van der Waals surface area contributed by atoms with E-state index in [1.54, 1.807) is 56.9 Å². The summed E-state index contributed by atoms with van der Waals surface area (Å²) in [6.07, 6.45) is 0. The van der Waals surface area contributed by atoms with Crippen molar-refractivity contribution >= 4 is 57.9 Å². The third-order valence-corrected chi connectivity index (χ3v) is 13.9. The van der Waals surface area contributed by atoms with Crippen molar-refractivity contribution in [3.05, 3.63) is 119 Å². The van der Waals surface area contributed by atoms with Gasteiger partial charge in [0.2, 0.25) is 0 Å². The first-order chi connectivity index (χ1) is 21.9. The van der Waals surface area contributed by atoms with E-state index in [-0.39, 0.29) is 0 Å². The second kappa shape index (κ2) is 16.8. The van der Waals surface area contributed by atoms with Gasteiger partial charge in [-0.2, -0.15) is 0 Å². The lowest BCUT2D eigenvalue weighted by Gasteiger charge is -2.37. The normalized spacial score (nSPS) is 12.2. The molecule has 4 radical (unpaired) electrons. The van der Waals surface area contributed by atoms with E-state index in [0.717, 1.165) is 43.0 Å². The largest absolute Gasteiger partial charge is 0.423 e. The summed E-state index contributed by atoms with van der Waals surface area (Å²) in [7, 11) is 7.10. The average Bonchev–Trinajstić information content (AvgIpc) is 3.10. The molecule has 0 N–H and O–H groups in total. The maximum Gasteiger partial charge on any atom is 0.423 e. The van der Waals surface area contributed by atoms with E-state index in [1.165, 1.54) is 0 Å². The van der Waals surface area contributed by atoms with Gasteiger partial charge in [0.25, 0.3) is 0 Å². The first kappa shape index (κ1) is 35.3. The van der Waals surface area contributed by atoms with Crippen LogP contribution in [0.5, 0.6) is 0 Å². The first-order valence-corrected chi connectivity index (χ1v) is 19.5. The van der Waals surface area contributed by atoms with Crippen LogP contribution in [0.1, 0.15) is 22.3 Å². The summed E-state index contributed by atoms with van der Waals surface area (Å²) in [6.45, 7) is 0. The smallest absolute Gasteiger partial charge is 0.393 e. The standard InChI is InChI=1S/C33H40O8Si4/c1-34-42(35-2)29-17-9-25(10-18-29)33(26-11-19-30(20-12-26)43(36-3)37-4,27-13-21-31(22-14-27)44(38-5)39-6)28-15-23-32(24-16-28)45(40-7)41-8/h9-24H,1-8H3. The molecule has 0 saturated carbocycles. The molecule has 0 fully saturated rings. The molecule has 0 bridgehead atoms. The van der Waals surface area contributed by atoms with Crippen LogP contribution in [0.15, 0.2) is 97.1 Å². The van der Waals surface area contributed by atoms with Crippen LogP contribution in [0.25, 0.3) is 0 Å². The van der Waals surface area contributed by atoms with Crippen LogP contribution in [-0.4, -0.2) is 94.0 Å². The summed E-state index contributed by atoms with van der Waals surface area (Å²) in [4.78, 5) is 0. The van der Waals surface area contributed by atoms with Crippen molar-refractivity contribution in [2.45, 2.75) is 5.41 Å². The number of rotatable bonds is 16. The Labute approximate surface area is 274 Å². The van der Waals surface area contributed by atoms with Gasteiger partial charge in [-0.25, -0.2) is 0 Å². The van der Waals surface area contributed by atoms with E-state index in [2.05, 4.69) is 97.1 Å². The molecule has 4 rings (SSSR count). The highest BCUT2D eigenvalue weighted by atomic mass is 28.3. The van der Waals surface area contributed by atoms with Gasteiger partial charge in [-0.05, 0) is 43.0 Å². The highest BCUT2D eigenvalue weighted by Gasteiger charge is 2.39. The average molecular weight is 677 g/mol. The molecule has 0 atom stereocenters. The SMILES string of the molecule is CO[Si](OC)c1ccc(C(c2ccc([Si](OC)OC)cc2)(c2ccc([Si](OC)OC)cc2)c2ccc([Si](OC)OC)cc2)cc1. The monoisotopic (exact) mass is 676 g/mol. The Hall–Kier alpha value is -2.57. The highest BCUT2D eigenvalue weighted by molar-refractivity contribution is 6.62. The Bertz CT molecular complexity index is 1210. The van der Waals surface area contributed by atoms with E-state index in [4.69, 9.17) is 35.4 Å². The van der Waals surface area contributed by atoms with Gasteiger partial charge in [0.15, 0.2) is 0 Å². The maximum absolute atomic E-state index is 5.65. The molecule has 0 unspecified atom stereocenters. The van der Waals surface area contributed by atoms with Gasteiger partial charge in [0.1, 0.15) is 0 Å². The van der Waals surface area contributed by atoms with E-state index < -0.39 is 42.6 Å². The van der Waals surface area contributed by atoms with E-state index in [0.29, 0.717) is 0 Å². The van der Waals surface area contributed by atoms with Crippen molar-refractivity contribution < 1.29 is 35.4 Å². The first-order valence-electron chi connectivity index (χ1n) is 14.2. The van der Waals surface area contributed by atoms with Crippen LogP contribution >= 0.6 is 0 Å². The second-order valence-corrected chi connectivity index (χ2v) is 17.7. The minimum Gasteiger partial charge on any atom is -0.393 e. The molecule has 45 heavy (non-hydrogen) atoms. The molecule has 4 aromatic rings. The van der Waals surface area contributed by atoms with Crippen LogP contribution in [0, 0.1) is 0 Å². The Morgan fingerprint density at radius 2 is 0.444 bits per heavy atom. The Morgan fingerprint density at radius 1 is 0.289 bits per heavy atom. The fraction of sp³-hybridized carbons (Fsp3) is 0.273. The van der Waals surface area contributed by atoms with Crippen LogP contribution < -0.4 is 20.7 Å². The quantitative estimate of drug-likeness (QED) is 0.132. The van der Waals surface area contributed by atoms with Crippen LogP contribution in [-0.2, 0) is 40.8 Å². The molecule has 8 nitrogen and oxygen atoms in total. The Kier molecular flexibility index (Phi) is 13.2. The van der Waals surface area contributed by atoms with Crippen LogP contribution in [0.3, 0.4) is 0 Å². The highest BCUT2D eigenvalue weighted by Crippen LogP contribution is 2.44. The van der Waals surface area contributed by atoms with E-state index in [9.17, 15) is 0 Å². The molecule has 0 aliphatic carbocycles. The molecule has 0 amide bonds. The summed E-state index contributed by atoms with van der Waals surface area (Å²) < 4.78 is 45.2. The molecular weight excluding hydrogens is 637 g/mol. The zero-order chi connectivity index (χ0) is 32.4. The third kappa shape index (κ3) is 7.38. The number of benzene rings is 4. The minimum atomic E-state index is -1.59. The van der Waals surface area contributed by atoms with Gasteiger partial charge in [0.05, 0.1) is 5.41 Å². The summed E-state index contributed by atoms with van der Waals surface area (Å²) in [5.74, 6) is 0. The van der Waals surface area contributed by atoms with Gasteiger partial charge in [0, 0.05) is 56.9 Å². The molecule has 0 spiro atoms. The molecule has 0 aliphatic rings. The van der Waals surface area contributed by atoms with Crippen molar-refractivity contribution in [1.82, 2.24) is 0 Å². The zero-order valence-corrected chi connectivity index (χ0v) is 31.0. The van der Waals surface area contributed by atoms with Crippen molar-refractivity contribution in [2.24, 2.45) is 0 Å². The molecule has 12 heteroatoms. The van der Waals surface area contributed by atoms with Crippen molar-refractivity contribution in [3.63, 3.8) is 0 Å². The van der Waals surface area contributed by atoms with Gasteiger partial charge >= 0.3 is 37.1 Å². The molecule has 0 aromatic heterocycles. The van der Waals surface area contributed by atoms with Crippen molar-refractivity contribution in [1.29, 1.82) is 0 Å². The predicted molar refractivity (Wildman–Crippen MR) is 182 cm³/mol. The predicted octanol–water partition coefficient (Wildman–Crippen LogP) is 2.02. The molecule has 236 valence electrons. The molecular formula is C33H40O8Si4. The molecule has 0 aliphatic heterocycles. The van der Waals surface area contributed by atoms with Gasteiger partial charge in [-0.3, -0.25) is 0 Å². The maximum atomic E-state index is 5.65. The lowest BCUT2D eigenvalue weighted by atomic mass is 9.65. The Morgan fingerprint density at radius 3 is 0.578 bits per heavy atom. The van der Waals surface area contributed by atoms with Crippen molar-refractivity contribution in [3.8, 4) is 0 Å².